The van der Waals surface area contributed by atoms with E-state index < -0.39 is 0 Å². The number of fused-ring (bicyclic) bond motifs is 2. The number of pyridine rings is 2. The van der Waals surface area contributed by atoms with Gasteiger partial charge in [0.05, 0.1) is 18.5 Å². The molecule has 4 aromatic rings. The number of hydrogen-bond donors (Lipinski definition) is 0. The van der Waals surface area contributed by atoms with Gasteiger partial charge in [-0.1, -0.05) is 35.9 Å². The summed E-state index contributed by atoms with van der Waals surface area (Å²) in [6, 6.07) is 19.3. The van der Waals surface area contributed by atoms with Gasteiger partial charge >= 0.3 is 0 Å². The lowest BCUT2D eigenvalue weighted by molar-refractivity contribution is 0.0766. The van der Waals surface area contributed by atoms with Crippen LogP contribution >= 0.6 is 11.6 Å². The topological polar surface area (TPSA) is 63.0 Å². The molecule has 2 saturated heterocycles. The fourth-order valence-electron chi connectivity index (χ4n) is 5.44. The van der Waals surface area contributed by atoms with E-state index in [9.17, 15) is 4.79 Å². The van der Waals surface area contributed by atoms with Crippen LogP contribution in [0.1, 0.15) is 16.2 Å². The number of imidazole rings is 1. The average molecular weight is 488 g/mol. The summed E-state index contributed by atoms with van der Waals surface area (Å²) in [6.07, 6.45) is 2.08. The Kier molecular flexibility index (Phi) is 5.66. The first-order chi connectivity index (χ1) is 17.1. The van der Waals surface area contributed by atoms with Gasteiger partial charge in [0.15, 0.2) is 0 Å². The summed E-state index contributed by atoms with van der Waals surface area (Å²) in [5.41, 5.74) is 4.62. The van der Waals surface area contributed by atoms with Crippen LogP contribution in [0.25, 0.3) is 16.9 Å². The molecule has 2 fully saturated rings. The molecule has 35 heavy (non-hydrogen) atoms. The Labute approximate surface area is 208 Å². The van der Waals surface area contributed by atoms with Crippen molar-refractivity contribution in [3.8, 4) is 17.1 Å². The summed E-state index contributed by atoms with van der Waals surface area (Å²) in [4.78, 5) is 26.7. The van der Waals surface area contributed by atoms with Crippen molar-refractivity contribution in [3.05, 3.63) is 83.3 Å². The fraction of sp³-hybridized carbons (Fsp3) is 0.296. The molecule has 0 spiro atoms. The lowest BCUT2D eigenvalue weighted by Gasteiger charge is -2.22. The molecule has 7 nitrogen and oxygen atoms in total. The fourth-order valence-corrected chi connectivity index (χ4v) is 5.57. The standard InChI is InChI=1S/C27H26ClN5O2/c1-35-25-7-4-5-22(29-25)27(34)32-15-19-13-31(14-20(19)16-32)17-23-26(18-8-10-21(28)11-9-18)30-24-6-2-3-12-33(23)24/h2-12,19-20H,13-17H2,1H3. The maximum atomic E-state index is 13.0. The molecule has 2 atom stereocenters. The monoisotopic (exact) mass is 487 g/mol. The van der Waals surface area contributed by atoms with E-state index in [0.717, 1.165) is 54.7 Å². The highest BCUT2D eigenvalue weighted by Crippen LogP contribution is 2.34. The third-order valence-electron chi connectivity index (χ3n) is 7.12. The number of rotatable bonds is 5. The number of carbonyl (C=O) groups excluding carboxylic acids is 1. The number of amides is 1. The van der Waals surface area contributed by atoms with Crippen molar-refractivity contribution in [2.45, 2.75) is 6.54 Å². The summed E-state index contributed by atoms with van der Waals surface area (Å²) >= 11 is 6.13. The molecular weight excluding hydrogens is 462 g/mol. The van der Waals surface area contributed by atoms with Gasteiger partial charge in [-0.25, -0.2) is 9.97 Å². The van der Waals surface area contributed by atoms with E-state index in [4.69, 9.17) is 21.3 Å². The number of carbonyl (C=O) groups is 1. The minimum atomic E-state index is -0.0170. The highest BCUT2D eigenvalue weighted by molar-refractivity contribution is 6.30. The zero-order chi connectivity index (χ0) is 23.9. The molecule has 2 unspecified atom stereocenters. The van der Waals surface area contributed by atoms with Crippen molar-refractivity contribution >= 4 is 23.2 Å². The summed E-state index contributed by atoms with van der Waals surface area (Å²) in [5.74, 6) is 1.37. The zero-order valence-corrected chi connectivity index (χ0v) is 20.2. The van der Waals surface area contributed by atoms with Gasteiger partial charge in [-0.05, 0) is 42.2 Å². The largest absolute Gasteiger partial charge is 0.481 e. The van der Waals surface area contributed by atoms with Crippen LogP contribution in [0.15, 0.2) is 66.9 Å². The third-order valence-corrected chi connectivity index (χ3v) is 7.37. The van der Waals surface area contributed by atoms with Gasteiger partial charge in [-0.2, -0.15) is 0 Å². The van der Waals surface area contributed by atoms with E-state index in [1.165, 1.54) is 5.69 Å². The quantitative estimate of drug-likeness (QED) is 0.421. The molecule has 0 bridgehead atoms. The van der Waals surface area contributed by atoms with Gasteiger partial charge in [0, 0.05) is 55.6 Å². The maximum absolute atomic E-state index is 13.0. The van der Waals surface area contributed by atoms with E-state index in [0.29, 0.717) is 23.4 Å². The third kappa shape index (κ3) is 4.15. The van der Waals surface area contributed by atoms with Gasteiger partial charge in [-0.15, -0.1) is 0 Å². The molecule has 5 heterocycles. The number of methoxy groups -OCH3 is 1. The highest BCUT2D eigenvalue weighted by atomic mass is 35.5. The molecule has 6 rings (SSSR count). The Morgan fingerprint density at radius 2 is 1.74 bits per heavy atom. The molecule has 1 aromatic carbocycles. The number of ether oxygens (including phenoxy) is 1. The second-order valence-electron chi connectivity index (χ2n) is 9.33. The normalized spacial score (nSPS) is 19.9. The molecular formula is C27H26ClN5O2. The molecule has 1 amide bonds. The van der Waals surface area contributed by atoms with Gasteiger partial charge < -0.3 is 14.0 Å². The Hall–Kier alpha value is -3.42. The lowest BCUT2D eigenvalue weighted by atomic mass is 10.0. The number of benzene rings is 1. The molecule has 2 aliphatic rings. The molecule has 3 aromatic heterocycles. The molecule has 0 radical (unpaired) electrons. The zero-order valence-electron chi connectivity index (χ0n) is 19.5. The Balaban J connectivity index is 1.19. The Morgan fingerprint density at radius 1 is 0.971 bits per heavy atom. The minimum Gasteiger partial charge on any atom is -0.481 e. The first kappa shape index (κ1) is 22.1. The predicted octanol–water partition coefficient (Wildman–Crippen LogP) is 4.26. The average Bonchev–Trinajstić information content (AvgIpc) is 3.56. The first-order valence-electron chi connectivity index (χ1n) is 11.8. The van der Waals surface area contributed by atoms with Crippen LogP contribution in [0.5, 0.6) is 5.88 Å². The van der Waals surface area contributed by atoms with E-state index in [-0.39, 0.29) is 5.91 Å². The van der Waals surface area contributed by atoms with Gasteiger partial charge in [0.2, 0.25) is 5.88 Å². The number of hydrogen-bond acceptors (Lipinski definition) is 5. The van der Waals surface area contributed by atoms with Crippen LogP contribution in [0, 0.1) is 11.8 Å². The van der Waals surface area contributed by atoms with Gasteiger partial charge in [-0.3, -0.25) is 9.69 Å². The van der Waals surface area contributed by atoms with Crippen molar-refractivity contribution in [3.63, 3.8) is 0 Å². The summed E-state index contributed by atoms with van der Waals surface area (Å²) < 4.78 is 7.36. The number of aromatic nitrogens is 3. The van der Waals surface area contributed by atoms with Crippen LogP contribution in [-0.2, 0) is 6.54 Å². The van der Waals surface area contributed by atoms with Crippen LogP contribution < -0.4 is 4.74 Å². The Morgan fingerprint density at radius 3 is 2.49 bits per heavy atom. The van der Waals surface area contributed by atoms with E-state index >= 15 is 0 Å². The molecule has 178 valence electrons. The molecule has 0 saturated carbocycles. The second kappa shape index (κ2) is 8.98. The van der Waals surface area contributed by atoms with Crippen molar-refractivity contribution < 1.29 is 9.53 Å². The van der Waals surface area contributed by atoms with Crippen LogP contribution in [0.4, 0.5) is 0 Å². The molecule has 2 aliphatic heterocycles. The smallest absolute Gasteiger partial charge is 0.272 e. The van der Waals surface area contributed by atoms with Crippen molar-refractivity contribution in [2.24, 2.45) is 11.8 Å². The number of halogens is 1. The van der Waals surface area contributed by atoms with E-state index in [1.54, 1.807) is 19.2 Å². The number of nitrogens with zero attached hydrogens (tertiary/aromatic N) is 5. The van der Waals surface area contributed by atoms with Crippen LogP contribution in [0.3, 0.4) is 0 Å². The van der Waals surface area contributed by atoms with E-state index in [2.05, 4.69) is 20.5 Å². The molecule has 0 aliphatic carbocycles. The SMILES string of the molecule is COc1cccc(C(=O)N2CC3CN(Cc4c(-c5ccc(Cl)cc5)nc5ccccn45)CC3C2)n1. The highest BCUT2D eigenvalue weighted by Gasteiger charge is 2.42. The van der Waals surface area contributed by atoms with Gasteiger partial charge in [0.1, 0.15) is 11.3 Å². The lowest BCUT2D eigenvalue weighted by Crippen LogP contribution is -2.33. The summed E-state index contributed by atoms with van der Waals surface area (Å²) in [7, 11) is 1.56. The summed E-state index contributed by atoms with van der Waals surface area (Å²) in [6.45, 7) is 4.24. The van der Waals surface area contributed by atoms with Gasteiger partial charge in [0.25, 0.3) is 5.91 Å². The van der Waals surface area contributed by atoms with Crippen molar-refractivity contribution in [2.75, 3.05) is 33.3 Å². The molecule has 8 heteroatoms. The molecule has 0 N–H and O–H groups in total. The number of likely N-dealkylation sites (tertiary alicyclic amines) is 2. The Bertz CT molecular complexity index is 1370. The maximum Gasteiger partial charge on any atom is 0.272 e. The van der Waals surface area contributed by atoms with Crippen LogP contribution in [-0.4, -0.2) is 63.4 Å². The first-order valence-corrected chi connectivity index (χ1v) is 12.2. The van der Waals surface area contributed by atoms with Crippen molar-refractivity contribution in [1.29, 1.82) is 0 Å². The van der Waals surface area contributed by atoms with Crippen molar-refractivity contribution in [1.82, 2.24) is 24.2 Å². The summed E-state index contributed by atoms with van der Waals surface area (Å²) in [5, 5.41) is 0.717. The predicted molar refractivity (Wildman–Crippen MR) is 135 cm³/mol. The van der Waals surface area contributed by atoms with Crippen LogP contribution in [0.2, 0.25) is 5.02 Å². The van der Waals surface area contributed by atoms with E-state index in [1.807, 2.05) is 53.4 Å². The minimum absolute atomic E-state index is 0.0170. The second-order valence-corrected chi connectivity index (χ2v) is 9.77.